The Morgan fingerprint density at radius 3 is 2.71 bits per heavy atom. The van der Waals surface area contributed by atoms with E-state index in [0.29, 0.717) is 17.0 Å². The molecule has 2 rings (SSSR count). The Labute approximate surface area is 127 Å². The van der Waals surface area contributed by atoms with Gasteiger partial charge in [-0.1, -0.05) is 13.8 Å². The van der Waals surface area contributed by atoms with Gasteiger partial charge in [-0.2, -0.15) is 0 Å². The van der Waals surface area contributed by atoms with Crippen LogP contribution in [0.3, 0.4) is 0 Å². The number of hydrogen-bond donors (Lipinski definition) is 1. The zero-order valence-corrected chi connectivity index (χ0v) is 13.6. The third-order valence-corrected chi connectivity index (χ3v) is 4.54. The number of nitrogens with one attached hydrogen (secondary N) is 1. The van der Waals surface area contributed by atoms with Crippen LogP contribution in [-0.2, 0) is 0 Å². The highest BCUT2D eigenvalue weighted by atomic mass is 16.2. The van der Waals surface area contributed by atoms with Crippen molar-refractivity contribution in [2.75, 3.05) is 18.9 Å². The molecule has 21 heavy (non-hydrogen) atoms. The second kappa shape index (κ2) is 6.46. The standard InChI is InChI=1S/C17H27N3O/c1-5-18-15-12-13(8-11-19-15)16(21)20(4)14-6-9-17(2,3)10-7-14/h8,11-12,14H,5-7,9-10H2,1-4H3,(H,18,19). The van der Waals surface area contributed by atoms with Crippen LogP contribution >= 0.6 is 0 Å². The summed E-state index contributed by atoms with van der Waals surface area (Å²) >= 11 is 0. The molecular weight excluding hydrogens is 262 g/mol. The number of carbonyl (C=O) groups is 1. The van der Waals surface area contributed by atoms with Gasteiger partial charge < -0.3 is 10.2 Å². The molecule has 0 aromatic carbocycles. The van der Waals surface area contributed by atoms with E-state index >= 15 is 0 Å². The van der Waals surface area contributed by atoms with Crippen molar-refractivity contribution >= 4 is 11.7 Å². The molecule has 0 spiro atoms. The Morgan fingerprint density at radius 2 is 2.10 bits per heavy atom. The number of nitrogens with zero attached hydrogens (tertiary/aromatic N) is 2. The third kappa shape index (κ3) is 3.96. The molecule has 1 aliphatic rings. The fourth-order valence-corrected chi connectivity index (χ4v) is 2.98. The maximum Gasteiger partial charge on any atom is 0.254 e. The van der Waals surface area contributed by atoms with E-state index in [1.54, 1.807) is 12.3 Å². The smallest absolute Gasteiger partial charge is 0.254 e. The lowest BCUT2D eigenvalue weighted by molar-refractivity contribution is 0.0635. The van der Waals surface area contributed by atoms with Crippen molar-refractivity contribution < 1.29 is 4.79 Å². The molecule has 1 amide bonds. The van der Waals surface area contributed by atoms with Crippen molar-refractivity contribution in [1.29, 1.82) is 0 Å². The van der Waals surface area contributed by atoms with Gasteiger partial charge >= 0.3 is 0 Å². The predicted octanol–water partition coefficient (Wildman–Crippen LogP) is 3.55. The highest BCUT2D eigenvalue weighted by Crippen LogP contribution is 2.36. The van der Waals surface area contributed by atoms with Gasteiger partial charge in [0, 0.05) is 31.4 Å². The Bertz CT molecular complexity index is 489. The quantitative estimate of drug-likeness (QED) is 0.922. The molecule has 0 bridgehead atoms. The predicted molar refractivity (Wildman–Crippen MR) is 86.5 cm³/mol. The van der Waals surface area contributed by atoms with Crippen LogP contribution in [0.15, 0.2) is 18.3 Å². The molecule has 1 N–H and O–H groups in total. The second-order valence-electron chi connectivity index (χ2n) is 6.77. The number of carbonyl (C=O) groups excluding carboxylic acids is 1. The van der Waals surface area contributed by atoms with Gasteiger partial charge in [0.1, 0.15) is 5.82 Å². The van der Waals surface area contributed by atoms with E-state index in [0.717, 1.165) is 25.2 Å². The van der Waals surface area contributed by atoms with E-state index in [9.17, 15) is 4.79 Å². The van der Waals surface area contributed by atoms with E-state index in [-0.39, 0.29) is 5.91 Å². The van der Waals surface area contributed by atoms with Gasteiger partial charge in [-0.05, 0) is 50.2 Å². The van der Waals surface area contributed by atoms with Gasteiger partial charge in [0.2, 0.25) is 0 Å². The van der Waals surface area contributed by atoms with Gasteiger partial charge in [0.25, 0.3) is 5.91 Å². The molecule has 0 radical (unpaired) electrons. The largest absolute Gasteiger partial charge is 0.370 e. The van der Waals surface area contributed by atoms with Crippen LogP contribution < -0.4 is 5.32 Å². The number of rotatable bonds is 4. The molecule has 1 fully saturated rings. The van der Waals surface area contributed by atoms with Crippen molar-refractivity contribution in [3.8, 4) is 0 Å². The van der Waals surface area contributed by atoms with Crippen molar-refractivity contribution in [2.24, 2.45) is 5.41 Å². The van der Waals surface area contributed by atoms with Crippen molar-refractivity contribution in [2.45, 2.75) is 52.5 Å². The zero-order valence-electron chi connectivity index (χ0n) is 13.6. The monoisotopic (exact) mass is 289 g/mol. The molecule has 1 aromatic rings. The molecule has 1 heterocycles. The number of aromatic nitrogens is 1. The summed E-state index contributed by atoms with van der Waals surface area (Å²) in [5.41, 5.74) is 1.14. The van der Waals surface area contributed by atoms with Gasteiger partial charge in [-0.25, -0.2) is 4.98 Å². The van der Waals surface area contributed by atoms with Crippen LogP contribution in [0.4, 0.5) is 5.82 Å². The van der Waals surface area contributed by atoms with Crippen LogP contribution in [0, 0.1) is 5.41 Å². The molecule has 0 atom stereocenters. The number of amides is 1. The molecule has 1 saturated carbocycles. The first kappa shape index (κ1) is 15.8. The van der Waals surface area contributed by atoms with Crippen LogP contribution in [0.5, 0.6) is 0 Å². The molecule has 4 nitrogen and oxygen atoms in total. The average molecular weight is 289 g/mol. The van der Waals surface area contributed by atoms with E-state index in [1.807, 2.05) is 24.9 Å². The van der Waals surface area contributed by atoms with Gasteiger partial charge in [-0.3, -0.25) is 4.79 Å². The fourth-order valence-electron chi connectivity index (χ4n) is 2.98. The van der Waals surface area contributed by atoms with Crippen LogP contribution in [0.25, 0.3) is 0 Å². The highest BCUT2D eigenvalue weighted by molar-refractivity contribution is 5.94. The maximum absolute atomic E-state index is 12.6. The van der Waals surface area contributed by atoms with E-state index in [2.05, 4.69) is 24.1 Å². The first-order valence-electron chi connectivity index (χ1n) is 7.90. The lowest BCUT2D eigenvalue weighted by Gasteiger charge is -2.38. The number of anilines is 1. The van der Waals surface area contributed by atoms with E-state index in [4.69, 9.17) is 0 Å². The van der Waals surface area contributed by atoms with Gasteiger partial charge in [0.05, 0.1) is 0 Å². The molecule has 116 valence electrons. The molecular formula is C17H27N3O. The minimum Gasteiger partial charge on any atom is -0.370 e. The second-order valence-corrected chi connectivity index (χ2v) is 6.77. The summed E-state index contributed by atoms with van der Waals surface area (Å²) < 4.78 is 0. The normalized spacial score (nSPS) is 18.3. The lowest BCUT2D eigenvalue weighted by atomic mass is 9.75. The van der Waals surface area contributed by atoms with Gasteiger partial charge in [0.15, 0.2) is 0 Å². The first-order valence-corrected chi connectivity index (χ1v) is 7.90. The highest BCUT2D eigenvalue weighted by Gasteiger charge is 2.30. The average Bonchev–Trinajstić information content (AvgIpc) is 2.46. The Balaban J connectivity index is 2.04. The minimum atomic E-state index is 0.0984. The van der Waals surface area contributed by atoms with Crippen LogP contribution in [-0.4, -0.2) is 35.4 Å². The third-order valence-electron chi connectivity index (χ3n) is 4.54. The first-order chi connectivity index (χ1) is 9.93. The number of hydrogen-bond acceptors (Lipinski definition) is 3. The maximum atomic E-state index is 12.6. The molecule has 4 heteroatoms. The Morgan fingerprint density at radius 1 is 1.43 bits per heavy atom. The summed E-state index contributed by atoms with van der Waals surface area (Å²) in [6, 6.07) is 4.00. The summed E-state index contributed by atoms with van der Waals surface area (Å²) in [6.45, 7) is 7.46. The number of pyridine rings is 1. The molecule has 0 saturated heterocycles. The van der Waals surface area contributed by atoms with E-state index < -0.39 is 0 Å². The molecule has 0 unspecified atom stereocenters. The van der Waals surface area contributed by atoms with Gasteiger partial charge in [-0.15, -0.1) is 0 Å². The SMILES string of the molecule is CCNc1cc(C(=O)N(C)C2CCC(C)(C)CC2)ccn1. The summed E-state index contributed by atoms with van der Waals surface area (Å²) in [5.74, 6) is 0.864. The summed E-state index contributed by atoms with van der Waals surface area (Å²) in [7, 11) is 1.93. The van der Waals surface area contributed by atoms with Crippen molar-refractivity contribution in [3.05, 3.63) is 23.9 Å². The zero-order chi connectivity index (χ0) is 15.5. The Kier molecular flexibility index (Phi) is 4.86. The molecule has 1 aromatic heterocycles. The lowest BCUT2D eigenvalue weighted by Crippen LogP contribution is -2.40. The summed E-state index contributed by atoms with van der Waals surface area (Å²) in [5, 5.41) is 3.15. The topological polar surface area (TPSA) is 45.2 Å². The van der Waals surface area contributed by atoms with Crippen molar-refractivity contribution in [1.82, 2.24) is 9.88 Å². The fraction of sp³-hybridized carbons (Fsp3) is 0.647. The molecule has 1 aliphatic carbocycles. The molecule has 0 aliphatic heterocycles. The van der Waals surface area contributed by atoms with Crippen LogP contribution in [0.1, 0.15) is 56.8 Å². The summed E-state index contributed by atoms with van der Waals surface area (Å²) in [6.07, 6.45) is 6.27. The van der Waals surface area contributed by atoms with Crippen molar-refractivity contribution in [3.63, 3.8) is 0 Å². The Hall–Kier alpha value is -1.58. The minimum absolute atomic E-state index is 0.0984. The van der Waals surface area contributed by atoms with Crippen LogP contribution in [0.2, 0.25) is 0 Å². The van der Waals surface area contributed by atoms with E-state index in [1.165, 1.54) is 12.8 Å². The summed E-state index contributed by atoms with van der Waals surface area (Å²) in [4.78, 5) is 18.8.